The van der Waals surface area contributed by atoms with Crippen LogP contribution in [0.1, 0.15) is 47.0 Å². The van der Waals surface area contributed by atoms with E-state index in [1.54, 1.807) is 0 Å². The molecule has 0 aliphatic carbocycles. The first-order valence-corrected chi connectivity index (χ1v) is 11.2. The van der Waals surface area contributed by atoms with Gasteiger partial charge in [-0.2, -0.15) is 0 Å². The van der Waals surface area contributed by atoms with Crippen molar-refractivity contribution in [3.8, 4) is 0 Å². The molecule has 18 heavy (non-hydrogen) atoms. The van der Waals surface area contributed by atoms with Gasteiger partial charge in [0.05, 0.1) is 15.2 Å². The number of allylic oxidation sites excluding steroid dienone is 1. The molecule has 0 fully saturated rings. The second kappa shape index (κ2) is 6.35. The third-order valence-electron chi connectivity index (χ3n) is 3.83. The van der Waals surface area contributed by atoms with Crippen molar-refractivity contribution in [1.82, 2.24) is 0 Å². The normalized spacial score (nSPS) is 17.9. The first-order valence-electron chi connectivity index (χ1n) is 6.63. The topological polar surface area (TPSA) is 55.5 Å². The minimum absolute atomic E-state index is 0.0235. The lowest BCUT2D eigenvalue weighted by Crippen LogP contribution is -2.40. The summed E-state index contributed by atoms with van der Waals surface area (Å²) >= 11 is 0. The van der Waals surface area contributed by atoms with Crippen LogP contribution in [-0.2, 0) is 9.92 Å². The highest BCUT2D eigenvalue weighted by Gasteiger charge is 2.37. The summed E-state index contributed by atoms with van der Waals surface area (Å²) < 4.78 is 17.3. The molecule has 0 rings (SSSR count). The molecular formula is C13H30N2OSSi. The van der Waals surface area contributed by atoms with Crippen LogP contribution in [-0.4, -0.2) is 17.7 Å². The summed E-state index contributed by atoms with van der Waals surface area (Å²) in [5.41, 5.74) is 0. The lowest BCUT2D eigenvalue weighted by atomic mass is 10.2. The molecule has 3 nitrogen and oxygen atoms in total. The summed E-state index contributed by atoms with van der Waals surface area (Å²) in [7, 11) is -4.56. The summed E-state index contributed by atoms with van der Waals surface area (Å²) in [6.45, 7) is 16.5. The van der Waals surface area contributed by atoms with Crippen LogP contribution in [0, 0.1) is 0 Å². The number of nitrogens with two attached hydrogens (primary N) is 1. The molecule has 0 aliphatic heterocycles. The first kappa shape index (κ1) is 17.9. The molecule has 0 radical (unpaired) electrons. The van der Waals surface area contributed by atoms with Crippen molar-refractivity contribution in [3.63, 3.8) is 0 Å². The van der Waals surface area contributed by atoms with Gasteiger partial charge in [0.15, 0.2) is 8.24 Å². The summed E-state index contributed by atoms with van der Waals surface area (Å²) in [6.07, 6.45) is 4.32. The van der Waals surface area contributed by atoms with Gasteiger partial charge in [0.2, 0.25) is 0 Å². The zero-order valence-corrected chi connectivity index (χ0v) is 14.6. The maximum absolute atomic E-state index is 12.7. The van der Waals surface area contributed by atoms with E-state index < -0.39 is 18.2 Å². The monoisotopic (exact) mass is 290 g/mol. The molecule has 108 valence electrons. The van der Waals surface area contributed by atoms with Gasteiger partial charge >= 0.3 is 0 Å². The molecule has 0 saturated carbocycles. The smallest absolute Gasteiger partial charge is 0.194 e. The van der Waals surface area contributed by atoms with Crippen LogP contribution in [0.5, 0.6) is 0 Å². The van der Waals surface area contributed by atoms with Crippen LogP contribution in [0.4, 0.5) is 0 Å². The van der Waals surface area contributed by atoms with Gasteiger partial charge in [-0.25, -0.2) is 9.35 Å². The van der Waals surface area contributed by atoms with E-state index in [4.69, 9.17) is 5.14 Å². The van der Waals surface area contributed by atoms with Crippen molar-refractivity contribution in [3.05, 3.63) is 12.7 Å². The molecule has 0 saturated heterocycles. The van der Waals surface area contributed by atoms with Gasteiger partial charge in [0.1, 0.15) is 0 Å². The van der Waals surface area contributed by atoms with E-state index in [0.29, 0.717) is 0 Å². The van der Waals surface area contributed by atoms with E-state index in [1.807, 2.05) is 13.0 Å². The Morgan fingerprint density at radius 2 is 1.94 bits per heavy atom. The maximum Gasteiger partial charge on any atom is 0.194 e. The highest BCUT2D eigenvalue weighted by Crippen LogP contribution is 2.37. The van der Waals surface area contributed by atoms with Gasteiger partial charge in [-0.15, -0.1) is 6.58 Å². The van der Waals surface area contributed by atoms with E-state index in [2.05, 4.69) is 44.5 Å². The molecule has 5 heteroatoms. The van der Waals surface area contributed by atoms with Crippen LogP contribution in [0.2, 0.25) is 18.1 Å². The van der Waals surface area contributed by atoms with Crippen LogP contribution in [0.25, 0.3) is 0 Å². The van der Waals surface area contributed by atoms with Gasteiger partial charge in [0, 0.05) is 0 Å². The van der Waals surface area contributed by atoms with Gasteiger partial charge < -0.3 is 0 Å². The molecule has 2 atom stereocenters. The lowest BCUT2D eigenvalue weighted by molar-refractivity contribution is 0.642. The Morgan fingerprint density at radius 3 is 2.28 bits per heavy atom. The molecule has 0 amide bonds. The summed E-state index contributed by atoms with van der Waals surface area (Å²) in [6, 6.07) is 0. The second-order valence-corrected chi connectivity index (χ2v) is 13.7. The fourth-order valence-electron chi connectivity index (χ4n) is 1.48. The quantitative estimate of drug-likeness (QED) is 0.581. The van der Waals surface area contributed by atoms with Gasteiger partial charge in [-0.05, 0) is 37.4 Å². The predicted octanol–water partition coefficient (Wildman–Crippen LogP) is 4.08. The van der Waals surface area contributed by atoms with Crippen LogP contribution < -0.4 is 5.14 Å². The molecule has 0 aromatic carbocycles. The van der Waals surface area contributed by atoms with Crippen LogP contribution in [0.15, 0.2) is 16.7 Å². The Kier molecular flexibility index (Phi) is 6.30. The fraction of sp³-hybridized carbons (Fsp3) is 0.846. The third-order valence-corrected chi connectivity index (χ3v) is 12.0. The first-order chi connectivity index (χ1) is 7.98. The van der Waals surface area contributed by atoms with E-state index in [9.17, 15) is 4.21 Å². The summed E-state index contributed by atoms with van der Waals surface area (Å²) in [5, 5.41) is 6.11. The molecule has 0 aliphatic rings. The van der Waals surface area contributed by atoms with Crippen LogP contribution in [0.3, 0.4) is 0 Å². The van der Waals surface area contributed by atoms with E-state index >= 15 is 0 Å². The SMILES string of the molecule is C=CCCC(CC)S(N)(=O)=N[Si](C)(C)C(C)(C)C. The largest absolute Gasteiger partial charge is 0.265 e. The number of hydrogen-bond donors (Lipinski definition) is 1. The Balaban J connectivity index is 5.34. The molecule has 0 aromatic rings. The van der Waals surface area contributed by atoms with E-state index in [-0.39, 0.29) is 10.3 Å². The zero-order chi connectivity index (χ0) is 14.6. The van der Waals surface area contributed by atoms with E-state index in [1.165, 1.54) is 0 Å². The number of hydrogen-bond acceptors (Lipinski definition) is 2. The zero-order valence-electron chi connectivity index (χ0n) is 12.8. The highest BCUT2D eigenvalue weighted by atomic mass is 32.2. The molecule has 0 spiro atoms. The standard InChI is InChI=1S/C13H30N2OSSi/c1-8-10-11-12(9-2)17(14,16)15-18(6,7)13(3,4)5/h8,12H,1,9-11H2,2-7H3,(H2,14,15,16). The highest BCUT2D eigenvalue weighted by molar-refractivity contribution is 7.92. The fourth-order valence-corrected chi connectivity index (χ4v) is 6.98. The second-order valence-electron chi connectivity index (χ2n) is 6.41. The molecule has 0 heterocycles. The minimum Gasteiger partial charge on any atom is -0.265 e. The van der Waals surface area contributed by atoms with Crippen LogP contribution >= 0.6 is 0 Å². The third kappa shape index (κ3) is 4.86. The van der Waals surface area contributed by atoms with Gasteiger partial charge in [-0.3, -0.25) is 4.03 Å². The summed E-state index contributed by atoms with van der Waals surface area (Å²) in [5.74, 6) is 0. The maximum atomic E-state index is 12.7. The molecule has 0 aromatic heterocycles. The van der Waals surface area contributed by atoms with Crippen molar-refractivity contribution in [2.75, 3.05) is 0 Å². The Bertz CT molecular complexity index is 390. The lowest BCUT2D eigenvalue weighted by Gasteiger charge is -2.33. The van der Waals surface area contributed by atoms with Crippen molar-refractivity contribution in [2.45, 2.75) is 70.3 Å². The Hall–Kier alpha value is -0.133. The van der Waals surface area contributed by atoms with Crippen molar-refractivity contribution < 1.29 is 4.21 Å². The average molecular weight is 291 g/mol. The molecule has 0 bridgehead atoms. The molecule has 2 unspecified atom stereocenters. The number of nitrogens with zero attached hydrogens (tertiary/aromatic N) is 1. The van der Waals surface area contributed by atoms with Gasteiger partial charge in [0.25, 0.3) is 0 Å². The molecule has 2 N–H and O–H groups in total. The van der Waals surface area contributed by atoms with Gasteiger partial charge in [-0.1, -0.05) is 33.8 Å². The molecular weight excluding hydrogens is 260 g/mol. The average Bonchev–Trinajstić information content (AvgIpc) is 2.14. The Morgan fingerprint density at radius 1 is 1.44 bits per heavy atom. The summed E-state index contributed by atoms with van der Waals surface area (Å²) in [4.78, 5) is 0. The predicted molar refractivity (Wildman–Crippen MR) is 85.5 cm³/mol. The minimum atomic E-state index is -2.60. The van der Waals surface area contributed by atoms with E-state index in [0.717, 1.165) is 19.3 Å². The number of rotatable bonds is 6. The van der Waals surface area contributed by atoms with Crippen molar-refractivity contribution >= 4 is 18.2 Å². The van der Waals surface area contributed by atoms with Crippen molar-refractivity contribution in [1.29, 1.82) is 0 Å². The Labute approximate surface area is 115 Å². The van der Waals surface area contributed by atoms with Crippen molar-refractivity contribution in [2.24, 2.45) is 9.17 Å².